The summed E-state index contributed by atoms with van der Waals surface area (Å²) in [7, 11) is 0. The van der Waals surface area contributed by atoms with E-state index in [9.17, 15) is 4.79 Å². The number of hydrogen-bond acceptors (Lipinski definition) is 5. The second-order valence-electron chi connectivity index (χ2n) is 8.07. The number of carbonyl (C=O) groups excluding carboxylic acids is 1. The van der Waals surface area contributed by atoms with Crippen LogP contribution < -0.4 is 10.2 Å². The molecule has 5 nitrogen and oxygen atoms in total. The molecule has 3 fully saturated rings. The van der Waals surface area contributed by atoms with Crippen molar-refractivity contribution in [3.63, 3.8) is 0 Å². The van der Waals surface area contributed by atoms with Gasteiger partial charge in [-0.05, 0) is 18.3 Å². The maximum atomic E-state index is 12.9. The average Bonchev–Trinajstić information content (AvgIpc) is 3.04. The van der Waals surface area contributed by atoms with Gasteiger partial charge in [-0.25, -0.2) is 4.98 Å². The van der Waals surface area contributed by atoms with Crippen LogP contribution >= 0.6 is 11.3 Å². The van der Waals surface area contributed by atoms with E-state index in [2.05, 4.69) is 24.1 Å². The molecule has 1 aromatic heterocycles. The third-order valence-electron chi connectivity index (χ3n) is 6.10. The van der Waals surface area contributed by atoms with Crippen LogP contribution in [0.1, 0.15) is 50.5 Å². The molecule has 2 saturated heterocycles. The quantitative estimate of drug-likeness (QED) is 0.892. The Kier molecular flexibility index (Phi) is 4.39. The van der Waals surface area contributed by atoms with Gasteiger partial charge in [0.25, 0.3) is 0 Å². The highest BCUT2D eigenvalue weighted by Crippen LogP contribution is 2.48. The van der Waals surface area contributed by atoms with E-state index in [1.54, 1.807) is 11.3 Å². The van der Waals surface area contributed by atoms with Crippen LogP contribution in [-0.2, 0) is 4.79 Å². The second kappa shape index (κ2) is 6.39. The van der Waals surface area contributed by atoms with Crippen LogP contribution in [0.5, 0.6) is 0 Å². The number of thiazole rings is 1. The van der Waals surface area contributed by atoms with Crippen LogP contribution in [-0.4, -0.2) is 54.6 Å². The lowest BCUT2D eigenvalue weighted by Crippen LogP contribution is -2.64. The molecule has 6 heteroatoms. The Labute approximate surface area is 148 Å². The van der Waals surface area contributed by atoms with Gasteiger partial charge in [0.2, 0.25) is 5.91 Å². The minimum atomic E-state index is 0.00386. The molecule has 3 aliphatic rings. The normalized spacial score (nSPS) is 31.1. The van der Waals surface area contributed by atoms with E-state index in [-0.39, 0.29) is 11.9 Å². The molecular weight excluding hydrogens is 320 g/mol. The fourth-order valence-corrected chi connectivity index (χ4v) is 5.81. The Balaban J connectivity index is 1.53. The predicted octanol–water partition coefficient (Wildman–Crippen LogP) is 2.45. The zero-order valence-electron chi connectivity index (χ0n) is 14.8. The van der Waals surface area contributed by atoms with Crippen molar-refractivity contribution >= 4 is 22.2 Å². The van der Waals surface area contributed by atoms with E-state index in [4.69, 9.17) is 4.98 Å². The number of amides is 1. The lowest BCUT2D eigenvalue weighted by Gasteiger charge is -2.42. The maximum absolute atomic E-state index is 12.9. The molecule has 24 heavy (non-hydrogen) atoms. The van der Waals surface area contributed by atoms with Crippen LogP contribution in [0.4, 0.5) is 5.00 Å². The van der Waals surface area contributed by atoms with Gasteiger partial charge in [-0.3, -0.25) is 14.6 Å². The van der Waals surface area contributed by atoms with E-state index < -0.39 is 0 Å². The molecule has 0 bridgehead atoms. The fraction of sp³-hybridized carbons (Fsp3) is 0.778. The van der Waals surface area contributed by atoms with Crippen LogP contribution in [0.15, 0.2) is 6.20 Å². The summed E-state index contributed by atoms with van der Waals surface area (Å²) in [6, 6.07) is 0.00386. The van der Waals surface area contributed by atoms with Crippen molar-refractivity contribution in [1.82, 2.24) is 15.2 Å². The van der Waals surface area contributed by atoms with Gasteiger partial charge >= 0.3 is 0 Å². The summed E-state index contributed by atoms with van der Waals surface area (Å²) in [5, 5.41) is 5.62. The molecular formula is C18H28N4OS. The van der Waals surface area contributed by atoms with Crippen molar-refractivity contribution in [2.75, 3.05) is 37.6 Å². The lowest BCUT2D eigenvalue weighted by molar-refractivity contribution is -0.126. The molecule has 0 radical (unpaired) electrons. The van der Waals surface area contributed by atoms with Gasteiger partial charge in [-0.15, -0.1) is 11.3 Å². The smallest absolute Gasteiger partial charge is 0.246 e. The zero-order chi connectivity index (χ0) is 16.7. The third-order valence-corrected chi connectivity index (χ3v) is 7.23. The van der Waals surface area contributed by atoms with Crippen molar-refractivity contribution in [1.29, 1.82) is 0 Å². The van der Waals surface area contributed by atoms with Gasteiger partial charge in [0.15, 0.2) is 0 Å². The monoisotopic (exact) mass is 348 g/mol. The highest BCUT2D eigenvalue weighted by atomic mass is 32.1. The topological polar surface area (TPSA) is 48.5 Å². The molecule has 4 rings (SSSR count). The lowest BCUT2D eigenvalue weighted by atomic mass is 9.69. The molecule has 0 spiro atoms. The summed E-state index contributed by atoms with van der Waals surface area (Å²) in [6.07, 6.45) is 7.08. The summed E-state index contributed by atoms with van der Waals surface area (Å²) < 4.78 is 0. The first-order valence-corrected chi connectivity index (χ1v) is 10.1. The van der Waals surface area contributed by atoms with Crippen molar-refractivity contribution < 1.29 is 4.79 Å². The number of aromatic nitrogens is 1. The number of hydrogen-bond donors (Lipinski definition) is 1. The maximum Gasteiger partial charge on any atom is 0.246 e. The molecule has 1 aliphatic carbocycles. The molecule has 2 aliphatic heterocycles. The van der Waals surface area contributed by atoms with E-state index in [0.717, 1.165) is 37.7 Å². The summed E-state index contributed by atoms with van der Waals surface area (Å²) in [6.45, 7) is 9.26. The van der Waals surface area contributed by atoms with Gasteiger partial charge < -0.3 is 5.32 Å². The molecule has 1 aromatic rings. The fourth-order valence-electron chi connectivity index (χ4n) is 4.51. The first-order chi connectivity index (χ1) is 11.6. The number of fused-ring (bicyclic) bond motifs is 1. The summed E-state index contributed by atoms with van der Waals surface area (Å²) in [4.78, 5) is 21.9. The number of nitrogens with one attached hydrogen (secondary N) is 1. The SMILES string of the molecule is CC1(C)CCCC[C@H]1c1ncc(N2CCN3CCNC[C@@H]3C2=O)s1. The second-order valence-corrected chi connectivity index (χ2v) is 9.11. The van der Waals surface area contributed by atoms with E-state index in [1.807, 2.05) is 11.1 Å². The highest BCUT2D eigenvalue weighted by molar-refractivity contribution is 7.16. The van der Waals surface area contributed by atoms with Crippen LogP contribution in [0, 0.1) is 5.41 Å². The molecule has 0 unspecified atom stereocenters. The Morgan fingerprint density at radius 3 is 3.00 bits per heavy atom. The number of nitrogens with zero attached hydrogens (tertiary/aromatic N) is 3. The summed E-state index contributed by atoms with van der Waals surface area (Å²) in [5.74, 6) is 0.782. The first kappa shape index (κ1) is 16.5. The number of rotatable bonds is 2. The van der Waals surface area contributed by atoms with Crippen molar-refractivity contribution in [3.8, 4) is 0 Å². The van der Waals surface area contributed by atoms with Crippen LogP contribution in [0.3, 0.4) is 0 Å². The number of carbonyl (C=O) groups is 1. The largest absolute Gasteiger partial charge is 0.313 e. The minimum Gasteiger partial charge on any atom is -0.313 e. The molecule has 0 aromatic carbocycles. The molecule has 1 saturated carbocycles. The van der Waals surface area contributed by atoms with Crippen molar-refractivity contribution in [2.45, 2.75) is 51.5 Å². The number of anilines is 1. The van der Waals surface area contributed by atoms with Crippen molar-refractivity contribution in [2.24, 2.45) is 5.41 Å². The predicted molar refractivity (Wildman–Crippen MR) is 97.7 cm³/mol. The highest BCUT2D eigenvalue weighted by Gasteiger charge is 2.39. The van der Waals surface area contributed by atoms with Gasteiger partial charge in [-0.2, -0.15) is 0 Å². The number of piperazine rings is 2. The van der Waals surface area contributed by atoms with Gasteiger partial charge in [0, 0.05) is 38.6 Å². The average molecular weight is 349 g/mol. The molecule has 2 atom stereocenters. The molecule has 1 amide bonds. The van der Waals surface area contributed by atoms with E-state index >= 15 is 0 Å². The minimum absolute atomic E-state index is 0.00386. The third kappa shape index (κ3) is 2.89. The van der Waals surface area contributed by atoms with Crippen molar-refractivity contribution in [3.05, 3.63) is 11.2 Å². The van der Waals surface area contributed by atoms with Gasteiger partial charge in [0.05, 0.1) is 11.2 Å². The van der Waals surface area contributed by atoms with Gasteiger partial charge in [0.1, 0.15) is 11.0 Å². The Bertz CT molecular complexity index is 614. The molecule has 132 valence electrons. The first-order valence-electron chi connectivity index (χ1n) is 9.28. The van der Waals surface area contributed by atoms with Crippen LogP contribution in [0.25, 0.3) is 0 Å². The standard InChI is InChI=1S/C18H28N4OS/c1-18(2)6-4-3-5-13(18)16-20-12-15(24-16)22-10-9-21-8-7-19-11-14(21)17(22)23/h12-14,19H,3-11H2,1-2H3/t13-,14+/m0/s1. The van der Waals surface area contributed by atoms with E-state index in [1.165, 1.54) is 30.7 Å². The van der Waals surface area contributed by atoms with E-state index in [0.29, 0.717) is 11.3 Å². The zero-order valence-corrected chi connectivity index (χ0v) is 15.6. The Morgan fingerprint density at radius 2 is 2.17 bits per heavy atom. The summed E-state index contributed by atoms with van der Waals surface area (Å²) >= 11 is 1.75. The molecule has 1 N–H and O–H groups in total. The summed E-state index contributed by atoms with van der Waals surface area (Å²) in [5.41, 5.74) is 0.323. The van der Waals surface area contributed by atoms with Gasteiger partial charge in [-0.1, -0.05) is 26.7 Å². The Hall–Kier alpha value is -0.980. The molecule has 3 heterocycles. The van der Waals surface area contributed by atoms with Crippen LogP contribution in [0.2, 0.25) is 0 Å². The Morgan fingerprint density at radius 1 is 1.29 bits per heavy atom.